The molecule has 0 spiro atoms. The molecule has 1 aliphatic heterocycles. The zero-order valence-electron chi connectivity index (χ0n) is 17.8. The molecule has 1 heterocycles. The lowest BCUT2D eigenvalue weighted by molar-refractivity contribution is -0.384. The number of anilines is 1. The summed E-state index contributed by atoms with van der Waals surface area (Å²) in [5.74, 6) is 0.413. The highest BCUT2D eigenvalue weighted by Gasteiger charge is 2.36. The molecule has 3 aromatic carbocycles. The number of rotatable bonds is 7. The summed E-state index contributed by atoms with van der Waals surface area (Å²) in [6, 6.07) is 18.3. The number of carbonyl (C=O) groups excluding carboxylic acids is 2. The predicted octanol–water partition coefficient (Wildman–Crippen LogP) is 6.19. The van der Waals surface area contributed by atoms with Gasteiger partial charge in [0.2, 0.25) is 0 Å². The van der Waals surface area contributed by atoms with Gasteiger partial charge in [0.15, 0.2) is 11.5 Å². The Bertz CT molecular complexity index is 1310. The van der Waals surface area contributed by atoms with Crippen molar-refractivity contribution < 1.29 is 24.0 Å². The normalized spacial score (nSPS) is 14.5. The molecule has 0 atom stereocenters. The molecule has 2 amide bonds. The fourth-order valence-corrected chi connectivity index (χ4v) is 4.53. The number of halogens is 1. The second kappa shape index (κ2) is 10.1. The number of benzene rings is 3. The summed E-state index contributed by atoms with van der Waals surface area (Å²) in [6.45, 7) is 0.0970. The molecule has 10 heteroatoms. The van der Waals surface area contributed by atoms with Gasteiger partial charge in [0.25, 0.3) is 16.8 Å². The monoisotopic (exact) mass is 540 g/mol. The highest BCUT2D eigenvalue weighted by molar-refractivity contribution is 9.10. The number of hydrogen-bond acceptors (Lipinski definition) is 7. The van der Waals surface area contributed by atoms with Crippen molar-refractivity contribution in [2.45, 2.75) is 6.61 Å². The van der Waals surface area contributed by atoms with Crippen LogP contribution in [0.4, 0.5) is 16.2 Å². The number of carbonyl (C=O) groups is 2. The number of methoxy groups -OCH3 is 1. The summed E-state index contributed by atoms with van der Waals surface area (Å²) in [7, 11) is 1.48. The number of amides is 2. The lowest BCUT2D eigenvalue weighted by atomic mass is 10.1. The Balaban J connectivity index is 1.57. The molecule has 0 N–H and O–H groups in total. The van der Waals surface area contributed by atoms with Gasteiger partial charge in [-0.1, -0.05) is 46.3 Å². The lowest BCUT2D eigenvalue weighted by Crippen LogP contribution is -2.27. The second-order valence-corrected chi connectivity index (χ2v) is 8.94. The maximum atomic E-state index is 12.9. The van der Waals surface area contributed by atoms with Crippen molar-refractivity contribution in [1.82, 2.24) is 0 Å². The molecule has 172 valence electrons. The van der Waals surface area contributed by atoms with Gasteiger partial charge in [-0.3, -0.25) is 19.7 Å². The minimum atomic E-state index is -0.463. The topological polar surface area (TPSA) is 99.0 Å². The van der Waals surface area contributed by atoms with Crippen molar-refractivity contribution in [2.75, 3.05) is 12.0 Å². The number of hydrogen-bond donors (Lipinski definition) is 0. The van der Waals surface area contributed by atoms with Crippen LogP contribution in [0.25, 0.3) is 6.08 Å². The molecule has 0 unspecified atom stereocenters. The fraction of sp³-hybridized carbons (Fsp3) is 0.0833. The molecule has 1 aliphatic rings. The molecule has 0 bridgehead atoms. The lowest BCUT2D eigenvalue weighted by Gasteiger charge is -2.13. The number of para-hydroxylation sites is 1. The van der Waals surface area contributed by atoms with Crippen LogP contribution < -0.4 is 14.4 Å². The van der Waals surface area contributed by atoms with E-state index in [0.717, 1.165) is 16.7 Å². The third-order valence-corrected chi connectivity index (χ3v) is 6.45. The largest absolute Gasteiger partial charge is 0.493 e. The summed E-state index contributed by atoms with van der Waals surface area (Å²) in [5.41, 5.74) is 1.74. The van der Waals surface area contributed by atoms with Crippen LogP contribution >= 0.6 is 27.7 Å². The van der Waals surface area contributed by atoms with Gasteiger partial charge in [-0.15, -0.1) is 0 Å². The zero-order chi connectivity index (χ0) is 24.2. The van der Waals surface area contributed by atoms with Crippen molar-refractivity contribution in [3.8, 4) is 11.5 Å². The quantitative estimate of drug-likeness (QED) is 0.200. The summed E-state index contributed by atoms with van der Waals surface area (Å²) in [5, 5.41) is 10.6. The first-order chi connectivity index (χ1) is 16.4. The summed E-state index contributed by atoms with van der Waals surface area (Å²) in [6.07, 6.45) is 1.62. The van der Waals surface area contributed by atoms with Crippen LogP contribution in [0.15, 0.2) is 76.1 Å². The highest BCUT2D eigenvalue weighted by atomic mass is 79.9. The van der Waals surface area contributed by atoms with E-state index in [9.17, 15) is 19.7 Å². The Morgan fingerprint density at radius 3 is 2.53 bits per heavy atom. The van der Waals surface area contributed by atoms with Gasteiger partial charge in [0.05, 0.1) is 22.6 Å². The van der Waals surface area contributed by atoms with Crippen molar-refractivity contribution >= 4 is 56.3 Å². The minimum absolute atomic E-state index is 0.0194. The summed E-state index contributed by atoms with van der Waals surface area (Å²) >= 11 is 4.34. The van der Waals surface area contributed by atoms with E-state index in [2.05, 4.69) is 15.9 Å². The van der Waals surface area contributed by atoms with Crippen LogP contribution in [0.5, 0.6) is 11.5 Å². The first kappa shape index (κ1) is 23.5. The van der Waals surface area contributed by atoms with E-state index in [-0.39, 0.29) is 22.4 Å². The number of non-ortho nitro benzene ring substituents is 1. The van der Waals surface area contributed by atoms with E-state index < -0.39 is 10.8 Å². The highest BCUT2D eigenvalue weighted by Crippen LogP contribution is 2.39. The third kappa shape index (κ3) is 4.97. The van der Waals surface area contributed by atoms with Crippen molar-refractivity contribution in [2.24, 2.45) is 0 Å². The van der Waals surface area contributed by atoms with E-state index in [1.165, 1.54) is 19.2 Å². The van der Waals surface area contributed by atoms with E-state index in [1.807, 2.05) is 6.07 Å². The molecule has 0 aromatic heterocycles. The Morgan fingerprint density at radius 1 is 1.06 bits per heavy atom. The van der Waals surface area contributed by atoms with Gasteiger partial charge in [0.1, 0.15) is 6.61 Å². The fourth-order valence-electron chi connectivity index (χ4n) is 3.26. The molecular weight excluding hydrogens is 524 g/mol. The first-order valence-corrected chi connectivity index (χ1v) is 11.5. The van der Waals surface area contributed by atoms with E-state index >= 15 is 0 Å². The van der Waals surface area contributed by atoms with Crippen LogP contribution in [0.3, 0.4) is 0 Å². The molecule has 1 saturated heterocycles. The average Bonchev–Trinajstić information content (AvgIpc) is 3.12. The maximum absolute atomic E-state index is 12.9. The second-order valence-electron chi connectivity index (χ2n) is 7.09. The predicted molar refractivity (Wildman–Crippen MR) is 133 cm³/mol. The standard InChI is InChI=1S/C24H17BrN2O6S/c1-32-20-11-16(12-22-23(28)26(24(29)34-22)17-7-3-2-4-8-17)19(25)13-21(20)33-14-15-6-5-9-18(10-15)27(30)31/h2-13H,14H2,1H3/b22-12-. The smallest absolute Gasteiger partial charge is 0.298 e. The Hall–Kier alpha value is -3.63. The van der Waals surface area contributed by atoms with Crippen molar-refractivity contribution in [1.29, 1.82) is 0 Å². The van der Waals surface area contributed by atoms with Gasteiger partial charge >= 0.3 is 0 Å². The van der Waals surface area contributed by atoms with Crippen LogP contribution in [0.2, 0.25) is 0 Å². The molecule has 34 heavy (non-hydrogen) atoms. The average molecular weight is 541 g/mol. The molecule has 3 aromatic rings. The van der Waals surface area contributed by atoms with E-state index in [1.54, 1.807) is 54.6 Å². The maximum Gasteiger partial charge on any atom is 0.298 e. The van der Waals surface area contributed by atoms with E-state index in [0.29, 0.717) is 32.8 Å². The van der Waals surface area contributed by atoms with Crippen LogP contribution in [-0.2, 0) is 11.4 Å². The van der Waals surface area contributed by atoms with E-state index in [4.69, 9.17) is 9.47 Å². The Labute approximate surface area is 207 Å². The van der Waals surface area contributed by atoms with Gasteiger partial charge in [-0.25, -0.2) is 4.90 Å². The number of imide groups is 1. The van der Waals surface area contributed by atoms with Gasteiger partial charge in [0, 0.05) is 16.6 Å². The molecule has 0 saturated carbocycles. The number of nitro benzene ring substituents is 1. The molecule has 4 rings (SSSR count). The third-order valence-electron chi connectivity index (χ3n) is 4.89. The minimum Gasteiger partial charge on any atom is -0.493 e. The van der Waals surface area contributed by atoms with Crippen LogP contribution in [0, 0.1) is 10.1 Å². The zero-order valence-corrected chi connectivity index (χ0v) is 20.2. The Kier molecular flexibility index (Phi) is 6.99. The number of ether oxygens (including phenoxy) is 2. The van der Waals surface area contributed by atoms with Crippen molar-refractivity contribution in [3.63, 3.8) is 0 Å². The molecule has 8 nitrogen and oxygen atoms in total. The van der Waals surface area contributed by atoms with Crippen LogP contribution in [-0.4, -0.2) is 23.2 Å². The van der Waals surface area contributed by atoms with Gasteiger partial charge < -0.3 is 9.47 Å². The number of thioether (sulfide) groups is 1. The van der Waals surface area contributed by atoms with Gasteiger partial charge in [-0.05, 0) is 53.2 Å². The molecule has 1 fully saturated rings. The number of nitrogens with zero attached hydrogens (tertiary/aromatic N) is 2. The van der Waals surface area contributed by atoms with Crippen molar-refractivity contribution in [3.05, 3.63) is 97.3 Å². The number of nitro groups is 1. The van der Waals surface area contributed by atoms with Gasteiger partial charge in [-0.2, -0.15) is 0 Å². The molecule has 0 aliphatic carbocycles. The van der Waals surface area contributed by atoms with Crippen LogP contribution in [0.1, 0.15) is 11.1 Å². The molecular formula is C24H17BrN2O6S. The Morgan fingerprint density at radius 2 is 1.82 bits per heavy atom. The summed E-state index contributed by atoms with van der Waals surface area (Å²) in [4.78, 5) is 37.3. The SMILES string of the molecule is COc1cc(/C=C2\SC(=O)N(c3ccccc3)C2=O)c(Br)cc1OCc1cccc([N+](=O)[O-])c1. The first-order valence-electron chi connectivity index (χ1n) is 9.94. The molecule has 0 radical (unpaired) electrons. The summed E-state index contributed by atoms with van der Waals surface area (Å²) < 4.78 is 11.9.